The second-order valence-corrected chi connectivity index (χ2v) is 8.62. The summed E-state index contributed by atoms with van der Waals surface area (Å²) in [5.74, 6) is -0.197. The third-order valence-electron chi connectivity index (χ3n) is 5.94. The summed E-state index contributed by atoms with van der Waals surface area (Å²) in [5, 5.41) is 2.73. The van der Waals surface area contributed by atoms with E-state index in [2.05, 4.69) is 23.4 Å². The fraction of sp³-hybridized carbons (Fsp3) is 0.179. The third-order valence-corrected chi connectivity index (χ3v) is 6.22. The molecule has 0 radical (unpaired) electrons. The lowest BCUT2D eigenvalue weighted by atomic mass is 10.1. The van der Waals surface area contributed by atoms with Gasteiger partial charge in [-0.05, 0) is 92.2 Å². The van der Waals surface area contributed by atoms with Gasteiger partial charge < -0.3 is 9.30 Å². The van der Waals surface area contributed by atoms with Crippen molar-refractivity contribution >= 4 is 40.9 Å². The number of ether oxygens (including phenoxy) is 1. The fourth-order valence-corrected chi connectivity index (χ4v) is 4.39. The molecule has 0 atom stereocenters. The van der Waals surface area contributed by atoms with Gasteiger partial charge in [-0.3, -0.25) is 19.8 Å². The maximum atomic E-state index is 13.4. The minimum absolute atomic E-state index is 0.0339. The highest BCUT2D eigenvalue weighted by Gasteiger charge is 2.34. The van der Waals surface area contributed by atoms with Crippen molar-refractivity contribution in [1.82, 2.24) is 9.88 Å². The van der Waals surface area contributed by atoms with E-state index < -0.39 is 11.8 Å². The largest absolute Gasteiger partial charge is 0.490 e. The number of nitrogens with one attached hydrogen (secondary N) is 1. The Bertz CT molecular complexity index is 1340. The molecule has 6 nitrogen and oxygen atoms in total. The minimum Gasteiger partial charge on any atom is -0.490 e. The molecule has 4 rings (SSSR count). The molecule has 1 aliphatic rings. The zero-order valence-electron chi connectivity index (χ0n) is 20.0. The van der Waals surface area contributed by atoms with E-state index in [9.17, 15) is 9.59 Å². The second kappa shape index (κ2) is 10.1. The van der Waals surface area contributed by atoms with E-state index in [1.807, 2.05) is 68.4 Å². The number of amides is 2. The highest BCUT2D eigenvalue weighted by molar-refractivity contribution is 7.80. The minimum atomic E-state index is -0.505. The van der Waals surface area contributed by atoms with Gasteiger partial charge in [0, 0.05) is 17.1 Å². The molecule has 2 aromatic carbocycles. The molecule has 7 heteroatoms. The Kier molecular flexibility index (Phi) is 6.98. The van der Waals surface area contributed by atoms with Gasteiger partial charge in [-0.15, -0.1) is 0 Å². The molecule has 178 valence electrons. The van der Waals surface area contributed by atoms with Crippen molar-refractivity contribution in [2.75, 3.05) is 11.5 Å². The number of anilines is 1. The monoisotopic (exact) mass is 485 g/mol. The van der Waals surface area contributed by atoms with Crippen molar-refractivity contribution in [3.05, 3.63) is 95.3 Å². The number of thiocarbonyl (C=S) groups is 1. The van der Waals surface area contributed by atoms with Crippen LogP contribution in [0.4, 0.5) is 5.69 Å². The van der Waals surface area contributed by atoms with Crippen LogP contribution in [0.15, 0.2) is 72.8 Å². The topological polar surface area (TPSA) is 63.6 Å². The number of aryl methyl sites for hydroxylation is 2. The van der Waals surface area contributed by atoms with E-state index in [0.717, 1.165) is 40.4 Å². The lowest BCUT2D eigenvalue weighted by Crippen LogP contribution is -2.54. The van der Waals surface area contributed by atoms with Crippen LogP contribution in [0.5, 0.6) is 5.75 Å². The van der Waals surface area contributed by atoms with Crippen LogP contribution in [0.2, 0.25) is 0 Å². The summed E-state index contributed by atoms with van der Waals surface area (Å²) in [5.41, 5.74) is 5.41. The van der Waals surface area contributed by atoms with E-state index in [-0.39, 0.29) is 10.7 Å². The first kappa shape index (κ1) is 24.2. The number of benzene rings is 2. The van der Waals surface area contributed by atoms with Gasteiger partial charge in [0.1, 0.15) is 17.9 Å². The summed E-state index contributed by atoms with van der Waals surface area (Å²) in [7, 11) is 0. The molecular weight excluding hydrogens is 458 g/mol. The Morgan fingerprint density at radius 3 is 2.31 bits per heavy atom. The highest BCUT2D eigenvalue weighted by Crippen LogP contribution is 2.27. The molecule has 0 bridgehead atoms. The average molecular weight is 486 g/mol. The smallest absolute Gasteiger partial charge is 0.270 e. The van der Waals surface area contributed by atoms with Gasteiger partial charge in [-0.1, -0.05) is 31.7 Å². The predicted molar refractivity (Wildman–Crippen MR) is 143 cm³/mol. The molecule has 1 aliphatic heterocycles. The van der Waals surface area contributed by atoms with E-state index in [1.54, 1.807) is 12.2 Å². The van der Waals surface area contributed by atoms with E-state index >= 15 is 0 Å². The zero-order valence-corrected chi connectivity index (χ0v) is 20.8. The molecule has 0 saturated carbocycles. The van der Waals surface area contributed by atoms with Gasteiger partial charge in [-0.2, -0.15) is 0 Å². The number of rotatable bonds is 7. The van der Waals surface area contributed by atoms with E-state index in [0.29, 0.717) is 12.3 Å². The number of carbonyl (C=O) groups is 2. The van der Waals surface area contributed by atoms with Crippen molar-refractivity contribution in [2.45, 2.75) is 27.2 Å². The Balaban J connectivity index is 1.67. The summed E-state index contributed by atoms with van der Waals surface area (Å²) < 4.78 is 7.64. The first-order chi connectivity index (χ1) is 16.8. The number of carbonyl (C=O) groups excluding carboxylic acids is 2. The summed E-state index contributed by atoms with van der Waals surface area (Å²) in [6.45, 7) is 10.1. The second-order valence-electron chi connectivity index (χ2n) is 8.23. The Labute approximate surface area is 210 Å². The van der Waals surface area contributed by atoms with Crippen LogP contribution in [-0.4, -0.2) is 28.1 Å². The summed E-state index contributed by atoms with van der Waals surface area (Å²) in [6.07, 6.45) is 4.22. The number of hydrogen-bond donors (Lipinski definition) is 1. The maximum Gasteiger partial charge on any atom is 0.270 e. The molecule has 3 aromatic rings. The maximum absolute atomic E-state index is 13.4. The van der Waals surface area contributed by atoms with Crippen molar-refractivity contribution < 1.29 is 14.3 Å². The third kappa shape index (κ3) is 4.81. The lowest BCUT2D eigenvalue weighted by molar-refractivity contribution is -0.122. The van der Waals surface area contributed by atoms with Crippen LogP contribution in [-0.2, 0) is 16.0 Å². The Morgan fingerprint density at radius 2 is 1.69 bits per heavy atom. The molecule has 1 fully saturated rings. The summed E-state index contributed by atoms with van der Waals surface area (Å²) in [6, 6.07) is 17.3. The van der Waals surface area contributed by atoms with Crippen LogP contribution < -0.4 is 15.0 Å². The summed E-state index contributed by atoms with van der Waals surface area (Å²) in [4.78, 5) is 27.5. The molecule has 2 heterocycles. The standard InChI is InChI=1S/C28H27N3O3S/c1-5-15-34-24-13-11-22(12-14-24)30-18(3)16-21(19(30)4)17-25-26(32)29-28(35)31(27(25)33)23-9-7-20(6-2)8-10-23/h5,7-14,16-17H,1,6,15H2,2-4H3,(H,29,32,35). The molecule has 1 saturated heterocycles. The first-order valence-electron chi connectivity index (χ1n) is 11.4. The van der Waals surface area contributed by atoms with Crippen LogP contribution >= 0.6 is 12.2 Å². The van der Waals surface area contributed by atoms with Gasteiger partial charge in [-0.25, -0.2) is 0 Å². The van der Waals surface area contributed by atoms with Crippen LogP contribution in [0.1, 0.15) is 29.4 Å². The molecule has 2 amide bonds. The SMILES string of the molecule is C=CCOc1ccc(-n2c(C)cc(C=C3C(=O)NC(=S)N(c4ccc(CC)cc4)C3=O)c2C)cc1. The molecule has 0 unspecified atom stereocenters. The van der Waals surface area contributed by atoms with Crippen molar-refractivity contribution in [1.29, 1.82) is 0 Å². The number of nitrogens with zero attached hydrogens (tertiary/aromatic N) is 2. The van der Waals surface area contributed by atoms with Gasteiger partial charge in [0.05, 0.1) is 5.69 Å². The van der Waals surface area contributed by atoms with Crippen LogP contribution in [0, 0.1) is 13.8 Å². The normalized spacial score (nSPS) is 14.9. The molecule has 0 aliphatic carbocycles. The molecule has 1 aromatic heterocycles. The van der Waals surface area contributed by atoms with Gasteiger partial charge in [0.2, 0.25) is 0 Å². The van der Waals surface area contributed by atoms with E-state index in [1.165, 1.54) is 4.90 Å². The highest BCUT2D eigenvalue weighted by atomic mass is 32.1. The van der Waals surface area contributed by atoms with Crippen LogP contribution in [0.25, 0.3) is 11.8 Å². The number of aromatic nitrogens is 1. The number of hydrogen-bond acceptors (Lipinski definition) is 4. The van der Waals surface area contributed by atoms with Gasteiger partial charge in [0.25, 0.3) is 11.8 Å². The zero-order chi connectivity index (χ0) is 25.1. The van der Waals surface area contributed by atoms with Gasteiger partial charge in [0.15, 0.2) is 5.11 Å². The Hall–Kier alpha value is -3.97. The van der Waals surface area contributed by atoms with Crippen molar-refractivity contribution in [3.8, 4) is 11.4 Å². The lowest BCUT2D eigenvalue weighted by Gasteiger charge is -2.29. The molecule has 1 N–H and O–H groups in total. The quantitative estimate of drug-likeness (QED) is 0.220. The first-order valence-corrected chi connectivity index (χ1v) is 11.8. The van der Waals surface area contributed by atoms with Crippen LogP contribution in [0.3, 0.4) is 0 Å². The van der Waals surface area contributed by atoms with Crippen molar-refractivity contribution in [3.63, 3.8) is 0 Å². The summed E-state index contributed by atoms with van der Waals surface area (Å²) >= 11 is 5.32. The molecular formula is C28H27N3O3S. The van der Waals surface area contributed by atoms with Gasteiger partial charge >= 0.3 is 0 Å². The average Bonchev–Trinajstić information content (AvgIpc) is 3.13. The predicted octanol–water partition coefficient (Wildman–Crippen LogP) is 5.05. The molecule has 35 heavy (non-hydrogen) atoms. The Morgan fingerprint density at radius 1 is 1.03 bits per heavy atom. The van der Waals surface area contributed by atoms with E-state index in [4.69, 9.17) is 17.0 Å². The van der Waals surface area contributed by atoms with Crippen molar-refractivity contribution in [2.24, 2.45) is 0 Å². The molecule has 0 spiro atoms. The fourth-order valence-electron chi connectivity index (χ4n) is 4.11.